The number of amides is 2. The Morgan fingerprint density at radius 2 is 1.60 bits per heavy atom. The predicted molar refractivity (Wildman–Crippen MR) is 90.4 cm³/mol. The molecule has 0 saturated heterocycles. The molecule has 2 rings (SSSR count). The van der Waals surface area contributed by atoms with Gasteiger partial charge in [-0.15, -0.1) is 0 Å². The monoisotopic (exact) mass is 348 g/mol. The first kappa shape index (κ1) is 18.4. The molecule has 0 fully saturated rings. The first-order valence-electron chi connectivity index (χ1n) is 7.64. The van der Waals surface area contributed by atoms with E-state index in [1.165, 1.54) is 0 Å². The highest BCUT2D eigenvalue weighted by molar-refractivity contribution is 5.94. The number of benzene rings is 2. The van der Waals surface area contributed by atoms with Crippen LogP contribution in [0.5, 0.6) is 5.75 Å². The van der Waals surface area contributed by atoms with Gasteiger partial charge in [0.1, 0.15) is 5.82 Å². The number of carbonyl (C=O) groups excluding carboxylic acids is 2. The Hall–Kier alpha value is -2.96. The lowest BCUT2D eigenvalue weighted by Gasteiger charge is -2.10. The Bertz CT molecular complexity index is 761. The Morgan fingerprint density at radius 3 is 2.16 bits per heavy atom. The van der Waals surface area contributed by atoms with Crippen LogP contribution in [0.3, 0.4) is 0 Å². The summed E-state index contributed by atoms with van der Waals surface area (Å²) in [7, 11) is 0. The molecule has 7 heteroatoms. The highest BCUT2D eigenvalue weighted by Gasteiger charge is 2.09. The zero-order valence-corrected chi connectivity index (χ0v) is 13.8. The van der Waals surface area contributed by atoms with E-state index in [4.69, 9.17) is 4.74 Å². The summed E-state index contributed by atoms with van der Waals surface area (Å²) in [6.07, 6.45) is 0. The summed E-state index contributed by atoms with van der Waals surface area (Å²) in [6, 6.07) is 9.37. The molecule has 2 N–H and O–H groups in total. The van der Waals surface area contributed by atoms with Gasteiger partial charge >= 0.3 is 0 Å². The molecule has 0 aliphatic carbocycles. The summed E-state index contributed by atoms with van der Waals surface area (Å²) in [6.45, 7) is 3.15. The molecule has 0 aliphatic rings. The number of rotatable bonds is 6. The van der Waals surface area contributed by atoms with Crippen LogP contribution in [-0.4, -0.2) is 18.4 Å². The fraction of sp³-hybridized carbons (Fsp3) is 0.222. The van der Waals surface area contributed by atoms with Gasteiger partial charge in [-0.25, -0.2) is 8.78 Å². The van der Waals surface area contributed by atoms with E-state index in [1.807, 2.05) is 0 Å². The van der Waals surface area contributed by atoms with E-state index in [9.17, 15) is 18.4 Å². The smallest absolute Gasteiger partial charge is 0.262 e. The molecule has 0 atom stereocenters. The largest absolute Gasteiger partial charge is 0.481 e. The molecule has 25 heavy (non-hydrogen) atoms. The molecule has 132 valence electrons. The van der Waals surface area contributed by atoms with Crippen molar-refractivity contribution in [1.29, 1.82) is 0 Å². The minimum Gasteiger partial charge on any atom is -0.481 e. The summed E-state index contributed by atoms with van der Waals surface area (Å²) in [5.41, 5.74) is 1.11. The van der Waals surface area contributed by atoms with Gasteiger partial charge < -0.3 is 15.4 Å². The van der Waals surface area contributed by atoms with Gasteiger partial charge in [0.05, 0.1) is 0 Å². The van der Waals surface area contributed by atoms with Crippen LogP contribution >= 0.6 is 0 Å². The average molecular weight is 348 g/mol. The van der Waals surface area contributed by atoms with Crippen molar-refractivity contribution in [2.24, 2.45) is 5.92 Å². The lowest BCUT2D eigenvalue weighted by Crippen LogP contribution is -2.20. The topological polar surface area (TPSA) is 67.4 Å². The Morgan fingerprint density at radius 1 is 1.00 bits per heavy atom. The van der Waals surface area contributed by atoms with Gasteiger partial charge in [0, 0.05) is 23.4 Å². The van der Waals surface area contributed by atoms with Gasteiger partial charge in [0.15, 0.2) is 18.2 Å². The minimum absolute atomic E-state index is 0.105. The standard InChI is InChI=1S/C18H18F2N2O3/c1-11(2)18(24)22-14-6-4-13(5-7-14)21-17(23)10-25-16-8-3-12(19)9-15(16)20/h3-9,11H,10H2,1-2H3,(H,21,23)(H,22,24). The fourth-order valence-electron chi connectivity index (χ4n) is 1.86. The van der Waals surface area contributed by atoms with E-state index in [0.29, 0.717) is 17.4 Å². The molecular weight excluding hydrogens is 330 g/mol. The van der Waals surface area contributed by atoms with Gasteiger partial charge in [-0.05, 0) is 36.4 Å². The van der Waals surface area contributed by atoms with Crippen LogP contribution in [0.15, 0.2) is 42.5 Å². The third kappa shape index (κ3) is 5.56. The van der Waals surface area contributed by atoms with Crippen molar-refractivity contribution in [3.63, 3.8) is 0 Å². The normalized spacial score (nSPS) is 10.4. The van der Waals surface area contributed by atoms with Crippen molar-refractivity contribution in [1.82, 2.24) is 0 Å². The number of hydrogen-bond acceptors (Lipinski definition) is 3. The third-order valence-corrected chi connectivity index (χ3v) is 3.21. The number of hydrogen-bond donors (Lipinski definition) is 2. The molecule has 0 unspecified atom stereocenters. The van der Waals surface area contributed by atoms with Crippen molar-refractivity contribution in [2.75, 3.05) is 17.2 Å². The summed E-state index contributed by atoms with van der Waals surface area (Å²) >= 11 is 0. The van der Waals surface area contributed by atoms with E-state index < -0.39 is 24.1 Å². The molecule has 2 amide bonds. The first-order chi connectivity index (χ1) is 11.8. The van der Waals surface area contributed by atoms with Crippen LogP contribution in [0.2, 0.25) is 0 Å². The van der Waals surface area contributed by atoms with Gasteiger partial charge in [-0.1, -0.05) is 13.8 Å². The molecular formula is C18H18F2N2O3. The van der Waals surface area contributed by atoms with Gasteiger partial charge in [0.25, 0.3) is 5.91 Å². The Kier molecular flexibility index (Phi) is 6.05. The maximum absolute atomic E-state index is 13.4. The van der Waals surface area contributed by atoms with E-state index in [2.05, 4.69) is 10.6 Å². The highest BCUT2D eigenvalue weighted by Crippen LogP contribution is 2.18. The molecule has 2 aromatic carbocycles. The van der Waals surface area contributed by atoms with Crippen LogP contribution in [-0.2, 0) is 9.59 Å². The van der Waals surface area contributed by atoms with Crippen LogP contribution in [0, 0.1) is 17.6 Å². The van der Waals surface area contributed by atoms with Gasteiger partial charge in [-0.3, -0.25) is 9.59 Å². The maximum Gasteiger partial charge on any atom is 0.262 e. The van der Waals surface area contributed by atoms with E-state index >= 15 is 0 Å². The Balaban J connectivity index is 1.87. The van der Waals surface area contributed by atoms with Gasteiger partial charge in [-0.2, -0.15) is 0 Å². The van der Waals surface area contributed by atoms with Crippen LogP contribution in [0.25, 0.3) is 0 Å². The summed E-state index contributed by atoms with van der Waals surface area (Å²) < 4.78 is 31.2. The lowest BCUT2D eigenvalue weighted by molar-refractivity contribution is -0.119. The molecule has 0 bridgehead atoms. The second-order valence-electron chi connectivity index (χ2n) is 5.63. The highest BCUT2D eigenvalue weighted by atomic mass is 19.1. The maximum atomic E-state index is 13.4. The summed E-state index contributed by atoms with van der Waals surface area (Å²) in [5, 5.41) is 5.30. The molecule has 0 heterocycles. The van der Waals surface area contributed by atoms with Crippen molar-refractivity contribution in [2.45, 2.75) is 13.8 Å². The quantitative estimate of drug-likeness (QED) is 0.838. The summed E-state index contributed by atoms with van der Waals surface area (Å²) in [5.74, 6) is -2.54. The molecule has 0 aromatic heterocycles. The first-order valence-corrected chi connectivity index (χ1v) is 7.64. The predicted octanol–water partition coefficient (Wildman–Crippen LogP) is 3.58. The van der Waals surface area contributed by atoms with Crippen molar-refractivity contribution >= 4 is 23.2 Å². The SMILES string of the molecule is CC(C)C(=O)Nc1ccc(NC(=O)COc2ccc(F)cc2F)cc1. The second-order valence-corrected chi connectivity index (χ2v) is 5.63. The lowest BCUT2D eigenvalue weighted by atomic mass is 10.2. The second kappa shape index (κ2) is 8.23. The molecule has 2 aromatic rings. The molecule has 5 nitrogen and oxygen atoms in total. The number of ether oxygens (including phenoxy) is 1. The molecule has 0 saturated carbocycles. The number of anilines is 2. The van der Waals surface area contributed by atoms with E-state index in [-0.39, 0.29) is 17.6 Å². The van der Waals surface area contributed by atoms with Crippen molar-refractivity contribution in [3.8, 4) is 5.75 Å². The van der Waals surface area contributed by atoms with E-state index in [0.717, 1.165) is 12.1 Å². The van der Waals surface area contributed by atoms with Gasteiger partial charge in [0.2, 0.25) is 5.91 Å². The average Bonchev–Trinajstić information content (AvgIpc) is 2.55. The third-order valence-electron chi connectivity index (χ3n) is 3.21. The van der Waals surface area contributed by atoms with Crippen LogP contribution in [0.1, 0.15) is 13.8 Å². The van der Waals surface area contributed by atoms with Crippen molar-refractivity contribution in [3.05, 3.63) is 54.1 Å². The zero-order chi connectivity index (χ0) is 18.4. The molecule has 0 radical (unpaired) electrons. The molecule has 0 spiro atoms. The number of carbonyl (C=O) groups is 2. The van der Waals surface area contributed by atoms with E-state index in [1.54, 1.807) is 38.1 Å². The minimum atomic E-state index is -0.877. The number of nitrogens with one attached hydrogen (secondary N) is 2. The summed E-state index contributed by atoms with van der Waals surface area (Å²) in [4.78, 5) is 23.4. The zero-order valence-electron chi connectivity index (χ0n) is 13.8. The van der Waals surface area contributed by atoms with Crippen LogP contribution in [0.4, 0.5) is 20.2 Å². The number of halogens is 2. The molecule has 0 aliphatic heterocycles. The van der Waals surface area contributed by atoms with Crippen molar-refractivity contribution < 1.29 is 23.1 Å². The fourth-order valence-corrected chi connectivity index (χ4v) is 1.86. The van der Waals surface area contributed by atoms with Crippen LogP contribution < -0.4 is 15.4 Å². The Labute approximate surface area is 144 Å².